The summed E-state index contributed by atoms with van der Waals surface area (Å²) in [5.41, 5.74) is 0.196. The molecule has 6 nitrogen and oxygen atoms in total. The lowest BCUT2D eigenvalue weighted by Crippen LogP contribution is -2.40. The van der Waals surface area contributed by atoms with E-state index >= 15 is 0 Å². The largest absolute Gasteiger partial charge is 0.493 e. The molecule has 0 atom stereocenters. The van der Waals surface area contributed by atoms with Gasteiger partial charge < -0.3 is 19.7 Å². The lowest BCUT2D eigenvalue weighted by Gasteiger charge is -2.20. The van der Waals surface area contributed by atoms with Crippen molar-refractivity contribution in [3.05, 3.63) is 23.8 Å². The van der Waals surface area contributed by atoms with Gasteiger partial charge in [0.1, 0.15) is 0 Å². The normalized spacial score (nSPS) is 14.8. The van der Waals surface area contributed by atoms with Crippen LogP contribution in [0.25, 0.3) is 0 Å². The number of likely N-dealkylation sites (tertiary alicyclic amines) is 1. The summed E-state index contributed by atoms with van der Waals surface area (Å²) < 4.78 is 33.9. The molecule has 0 bridgehead atoms. The van der Waals surface area contributed by atoms with Crippen molar-refractivity contribution >= 4 is 11.8 Å². The fourth-order valence-electron chi connectivity index (χ4n) is 2.69. The van der Waals surface area contributed by atoms with Crippen molar-refractivity contribution in [2.75, 3.05) is 26.7 Å². The van der Waals surface area contributed by atoms with Gasteiger partial charge in [0.05, 0.1) is 13.7 Å². The molecule has 0 spiro atoms. The Morgan fingerprint density at radius 3 is 2.44 bits per heavy atom. The molecule has 1 N–H and O–H groups in total. The lowest BCUT2D eigenvalue weighted by molar-refractivity contribution is -0.130. The smallest absolute Gasteiger partial charge is 0.387 e. The Morgan fingerprint density at radius 2 is 1.84 bits per heavy atom. The molecule has 1 heterocycles. The summed E-state index contributed by atoms with van der Waals surface area (Å²) in [6.07, 6.45) is 4.18. The molecule has 1 aromatic carbocycles. The first-order valence-corrected chi connectivity index (χ1v) is 8.20. The van der Waals surface area contributed by atoms with Crippen molar-refractivity contribution in [2.24, 2.45) is 0 Å². The number of methoxy groups -OCH3 is 1. The summed E-state index contributed by atoms with van der Waals surface area (Å²) in [5, 5.41) is 2.55. The minimum absolute atomic E-state index is 0.0202. The van der Waals surface area contributed by atoms with Crippen molar-refractivity contribution in [3.8, 4) is 11.5 Å². The number of ether oxygens (including phenoxy) is 2. The van der Waals surface area contributed by atoms with Crippen molar-refractivity contribution in [3.63, 3.8) is 0 Å². The predicted octanol–water partition coefficient (Wildman–Crippen LogP) is 2.43. The Morgan fingerprint density at radius 1 is 1.16 bits per heavy atom. The number of carbonyl (C=O) groups excluding carboxylic acids is 2. The first-order valence-electron chi connectivity index (χ1n) is 8.20. The number of hydrogen-bond acceptors (Lipinski definition) is 4. The van der Waals surface area contributed by atoms with Crippen LogP contribution in [0.15, 0.2) is 18.2 Å². The molecule has 1 aliphatic rings. The third-order valence-corrected chi connectivity index (χ3v) is 4.00. The van der Waals surface area contributed by atoms with E-state index in [1.54, 1.807) is 4.90 Å². The zero-order chi connectivity index (χ0) is 18.2. The molecule has 2 amide bonds. The lowest BCUT2D eigenvalue weighted by atomic mass is 10.2. The summed E-state index contributed by atoms with van der Waals surface area (Å²) >= 11 is 0. The molecule has 0 aliphatic carbocycles. The van der Waals surface area contributed by atoms with E-state index in [1.165, 1.54) is 25.3 Å². The topological polar surface area (TPSA) is 67.9 Å². The Kier molecular flexibility index (Phi) is 6.97. The number of benzene rings is 1. The summed E-state index contributed by atoms with van der Waals surface area (Å²) in [4.78, 5) is 26.1. The summed E-state index contributed by atoms with van der Waals surface area (Å²) in [5.74, 6) is -0.744. The van der Waals surface area contributed by atoms with Crippen LogP contribution in [0.2, 0.25) is 0 Å². The quantitative estimate of drug-likeness (QED) is 0.850. The Balaban J connectivity index is 1.94. The van der Waals surface area contributed by atoms with Crippen molar-refractivity contribution in [2.45, 2.75) is 32.3 Å². The van der Waals surface area contributed by atoms with E-state index < -0.39 is 12.5 Å². The highest BCUT2D eigenvalue weighted by atomic mass is 19.3. The van der Waals surface area contributed by atoms with E-state index in [4.69, 9.17) is 4.74 Å². The highest BCUT2D eigenvalue weighted by Gasteiger charge is 2.18. The van der Waals surface area contributed by atoms with Gasteiger partial charge in [-0.3, -0.25) is 9.59 Å². The molecule has 0 unspecified atom stereocenters. The van der Waals surface area contributed by atoms with E-state index in [2.05, 4.69) is 10.1 Å². The molecule has 25 heavy (non-hydrogen) atoms. The van der Waals surface area contributed by atoms with Crippen LogP contribution in [0.4, 0.5) is 8.78 Å². The van der Waals surface area contributed by atoms with Crippen molar-refractivity contribution < 1.29 is 27.8 Å². The van der Waals surface area contributed by atoms with Crippen LogP contribution in [-0.2, 0) is 4.79 Å². The van der Waals surface area contributed by atoms with Gasteiger partial charge in [-0.1, -0.05) is 12.8 Å². The monoisotopic (exact) mass is 356 g/mol. The SMILES string of the molecule is COc1cc(C(=O)NCC(=O)N2CCCCCC2)ccc1OC(F)F. The fraction of sp³-hybridized carbons (Fsp3) is 0.529. The van der Waals surface area contributed by atoms with E-state index in [0.717, 1.165) is 25.7 Å². The molecular weight excluding hydrogens is 334 g/mol. The molecule has 1 saturated heterocycles. The van der Waals surface area contributed by atoms with Crippen LogP contribution in [0.5, 0.6) is 11.5 Å². The molecule has 2 rings (SSSR count). The van der Waals surface area contributed by atoms with Gasteiger partial charge in [-0.15, -0.1) is 0 Å². The molecule has 1 fully saturated rings. The number of nitrogens with one attached hydrogen (secondary N) is 1. The Labute approximate surface area is 145 Å². The van der Waals surface area contributed by atoms with E-state index in [0.29, 0.717) is 13.1 Å². The molecule has 1 aliphatic heterocycles. The molecule has 0 aromatic heterocycles. The average molecular weight is 356 g/mol. The second kappa shape index (κ2) is 9.19. The molecule has 0 saturated carbocycles. The van der Waals surface area contributed by atoms with Gasteiger partial charge in [0.25, 0.3) is 5.91 Å². The van der Waals surface area contributed by atoms with Crippen molar-refractivity contribution in [1.29, 1.82) is 0 Å². The van der Waals surface area contributed by atoms with Crippen molar-refractivity contribution in [1.82, 2.24) is 10.2 Å². The van der Waals surface area contributed by atoms with E-state index in [-0.39, 0.29) is 29.5 Å². The average Bonchev–Trinajstić information content (AvgIpc) is 2.88. The second-order valence-corrected chi connectivity index (χ2v) is 5.72. The zero-order valence-corrected chi connectivity index (χ0v) is 14.1. The third-order valence-electron chi connectivity index (χ3n) is 4.00. The fourth-order valence-corrected chi connectivity index (χ4v) is 2.69. The molecular formula is C17H22F2N2O4. The minimum Gasteiger partial charge on any atom is -0.493 e. The number of amides is 2. The van der Waals surface area contributed by atoms with Gasteiger partial charge in [0, 0.05) is 18.7 Å². The van der Waals surface area contributed by atoms with Gasteiger partial charge in [-0.25, -0.2) is 0 Å². The molecule has 138 valence electrons. The van der Waals surface area contributed by atoms with E-state index in [9.17, 15) is 18.4 Å². The number of nitrogens with zero attached hydrogens (tertiary/aromatic N) is 1. The second-order valence-electron chi connectivity index (χ2n) is 5.72. The third kappa shape index (κ3) is 5.58. The van der Waals surface area contributed by atoms with Crippen LogP contribution in [-0.4, -0.2) is 50.1 Å². The maximum atomic E-state index is 12.3. The number of alkyl halides is 2. The van der Waals surface area contributed by atoms with Crippen LogP contribution < -0.4 is 14.8 Å². The molecule has 0 radical (unpaired) electrons. The summed E-state index contributed by atoms with van der Waals surface area (Å²) in [6, 6.07) is 3.87. The minimum atomic E-state index is -2.99. The number of halogens is 2. The number of carbonyl (C=O) groups is 2. The Bertz CT molecular complexity index is 602. The maximum absolute atomic E-state index is 12.3. The highest BCUT2D eigenvalue weighted by Crippen LogP contribution is 2.29. The Hall–Kier alpha value is -2.38. The number of rotatable bonds is 6. The first-order chi connectivity index (χ1) is 12.0. The maximum Gasteiger partial charge on any atom is 0.387 e. The molecule has 1 aromatic rings. The standard InChI is InChI=1S/C17H22F2N2O4/c1-24-14-10-12(6-7-13(14)25-17(18)19)16(23)20-11-15(22)21-8-4-2-3-5-9-21/h6-7,10,17H,2-5,8-9,11H2,1H3,(H,20,23). The van der Waals surface area contributed by atoms with E-state index in [1.807, 2.05) is 0 Å². The van der Waals surface area contributed by atoms with Gasteiger partial charge in [-0.2, -0.15) is 8.78 Å². The summed E-state index contributed by atoms with van der Waals surface area (Å²) in [7, 11) is 1.29. The summed E-state index contributed by atoms with van der Waals surface area (Å²) in [6.45, 7) is -1.67. The van der Waals surface area contributed by atoms with Crippen LogP contribution in [0.1, 0.15) is 36.0 Å². The van der Waals surface area contributed by atoms with Gasteiger partial charge in [0.2, 0.25) is 5.91 Å². The first kappa shape index (κ1) is 19.0. The van der Waals surface area contributed by atoms with Gasteiger partial charge in [-0.05, 0) is 31.0 Å². The highest BCUT2D eigenvalue weighted by molar-refractivity contribution is 5.97. The van der Waals surface area contributed by atoms with Gasteiger partial charge >= 0.3 is 6.61 Å². The van der Waals surface area contributed by atoms with Crippen LogP contribution in [0.3, 0.4) is 0 Å². The van der Waals surface area contributed by atoms with Gasteiger partial charge in [0.15, 0.2) is 11.5 Å². The zero-order valence-electron chi connectivity index (χ0n) is 14.1. The molecule has 8 heteroatoms. The predicted molar refractivity (Wildman–Crippen MR) is 87.0 cm³/mol. The number of hydrogen-bond donors (Lipinski definition) is 1. The van der Waals surface area contributed by atoms with Crippen LogP contribution >= 0.6 is 0 Å². The van der Waals surface area contributed by atoms with Crippen LogP contribution in [0, 0.1) is 0 Å².